The molecule has 0 aliphatic heterocycles. The molecule has 130 valence electrons. The van der Waals surface area contributed by atoms with Gasteiger partial charge in [0.2, 0.25) is 0 Å². The van der Waals surface area contributed by atoms with E-state index in [1.54, 1.807) is 6.26 Å². The highest BCUT2D eigenvalue weighted by Crippen LogP contribution is 2.17. The van der Waals surface area contributed by atoms with Crippen molar-refractivity contribution in [1.29, 1.82) is 0 Å². The van der Waals surface area contributed by atoms with Crippen molar-refractivity contribution in [3.8, 4) is 0 Å². The van der Waals surface area contributed by atoms with Crippen molar-refractivity contribution in [1.82, 2.24) is 10.6 Å². The normalized spacial score (nSPS) is 16.5. The Kier molecular flexibility index (Phi) is 8.62. The number of guanidine groups is 1. The van der Waals surface area contributed by atoms with Gasteiger partial charge in [0.1, 0.15) is 5.76 Å². The molecule has 1 aromatic rings. The number of rotatable bonds is 9. The highest BCUT2D eigenvalue weighted by Gasteiger charge is 2.14. The molecule has 1 saturated carbocycles. The third-order valence-corrected chi connectivity index (χ3v) is 4.11. The van der Waals surface area contributed by atoms with Crippen molar-refractivity contribution >= 4 is 5.96 Å². The van der Waals surface area contributed by atoms with Crippen molar-refractivity contribution in [3.05, 3.63) is 24.2 Å². The van der Waals surface area contributed by atoms with Crippen LogP contribution in [-0.4, -0.2) is 38.3 Å². The Hall–Kier alpha value is -1.49. The molecule has 0 radical (unpaired) electrons. The molecular weight excluding hydrogens is 290 g/mol. The first-order valence-electron chi connectivity index (χ1n) is 9.03. The lowest BCUT2D eigenvalue weighted by Crippen LogP contribution is -2.45. The predicted octanol–water partition coefficient (Wildman–Crippen LogP) is 3.12. The monoisotopic (exact) mass is 321 g/mol. The highest BCUT2D eigenvalue weighted by molar-refractivity contribution is 5.80. The molecule has 1 heterocycles. The summed E-state index contributed by atoms with van der Waals surface area (Å²) in [7, 11) is 0. The van der Waals surface area contributed by atoms with Crippen LogP contribution in [0.4, 0.5) is 0 Å². The minimum atomic E-state index is 0.561. The average molecular weight is 321 g/mol. The lowest BCUT2D eigenvalue weighted by atomic mass is 9.96. The predicted molar refractivity (Wildman–Crippen MR) is 93.8 cm³/mol. The van der Waals surface area contributed by atoms with Crippen LogP contribution in [0.5, 0.6) is 0 Å². The molecule has 2 N–H and O–H groups in total. The number of aliphatic imine (C=N–C) groups is 1. The van der Waals surface area contributed by atoms with Crippen LogP contribution in [0.15, 0.2) is 27.8 Å². The van der Waals surface area contributed by atoms with Gasteiger partial charge in [0.25, 0.3) is 0 Å². The summed E-state index contributed by atoms with van der Waals surface area (Å²) in [5.41, 5.74) is 0. The van der Waals surface area contributed by atoms with Crippen LogP contribution in [-0.2, 0) is 11.2 Å². The summed E-state index contributed by atoms with van der Waals surface area (Å²) in [6, 6.07) is 4.50. The van der Waals surface area contributed by atoms with Gasteiger partial charge < -0.3 is 19.8 Å². The van der Waals surface area contributed by atoms with E-state index in [2.05, 4.69) is 10.6 Å². The van der Waals surface area contributed by atoms with Crippen LogP contribution in [0, 0.1) is 0 Å². The SMILES string of the molecule is CCOCCCN=C(NCCc1ccco1)NC1CCCCC1. The molecule has 0 unspecified atom stereocenters. The van der Waals surface area contributed by atoms with Gasteiger partial charge in [0.15, 0.2) is 5.96 Å². The number of hydrogen-bond acceptors (Lipinski definition) is 3. The van der Waals surface area contributed by atoms with Gasteiger partial charge in [0.05, 0.1) is 6.26 Å². The Balaban J connectivity index is 1.75. The van der Waals surface area contributed by atoms with E-state index in [1.807, 2.05) is 19.1 Å². The summed E-state index contributed by atoms with van der Waals surface area (Å²) in [6.45, 7) is 5.21. The molecule has 0 spiro atoms. The summed E-state index contributed by atoms with van der Waals surface area (Å²) in [4.78, 5) is 4.69. The fourth-order valence-electron chi connectivity index (χ4n) is 2.85. The molecule has 1 fully saturated rings. The fourth-order valence-corrected chi connectivity index (χ4v) is 2.85. The van der Waals surface area contributed by atoms with Gasteiger partial charge in [-0.25, -0.2) is 0 Å². The maximum Gasteiger partial charge on any atom is 0.191 e. The van der Waals surface area contributed by atoms with E-state index in [0.29, 0.717) is 6.04 Å². The van der Waals surface area contributed by atoms with Crippen molar-refractivity contribution in [2.45, 2.75) is 57.9 Å². The molecule has 1 aliphatic rings. The van der Waals surface area contributed by atoms with Crippen molar-refractivity contribution in [2.24, 2.45) is 4.99 Å². The van der Waals surface area contributed by atoms with Gasteiger partial charge in [-0.15, -0.1) is 0 Å². The van der Waals surface area contributed by atoms with Crippen LogP contribution in [0.3, 0.4) is 0 Å². The van der Waals surface area contributed by atoms with E-state index < -0.39 is 0 Å². The fraction of sp³-hybridized carbons (Fsp3) is 0.722. The second-order valence-corrected chi connectivity index (χ2v) is 6.02. The molecule has 0 saturated heterocycles. The van der Waals surface area contributed by atoms with Crippen molar-refractivity contribution in [2.75, 3.05) is 26.3 Å². The third-order valence-electron chi connectivity index (χ3n) is 4.11. The largest absolute Gasteiger partial charge is 0.469 e. The molecular formula is C18H31N3O2. The van der Waals surface area contributed by atoms with E-state index in [4.69, 9.17) is 14.1 Å². The first-order valence-corrected chi connectivity index (χ1v) is 9.03. The maximum atomic E-state index is 5.37. The van der Waals surface area contributed by atoms with E-state index >= 15 is 0 Å². The summed E-state index contributed by atoms with van der Waals surface area (Å²) >= 11 is 0. The molecule has 2 rings (SSSR count). The van der Waals surface area contributed by atoms with Crippen molar-refractivity contribution < 1.29 is 9.15 Å². The third kappa shape index (κ3) is 7.55. The maximum absolute atomic E-state index is 5.37. The number of furan rings is 1. The van der Waals surface area contributed by atoms with Gasteiger partial charge >= 0.3 is 0 Å². The van der Waals surface area contributed by atoms with Gasteiger partial charge in [0, 0.05) is 38.8 Å². The molecule has 0 atom stereocenters. The van der Waals surface area contributed by atoms with Crippen molar-refractivity contribution in [3.63, 3.8) is 0 Å². The zero-order chi connectivity index (χ0) is 16.2. The van der Waals surface area contributed by atoms with Gasteiger partial charge in [-0.2, -0.15) is 0 Å². The molecule has 1 aromatic heterocycles. The number of ether oxygens (including phenoxy) is 1. The topological polar surface area (TPSA) is 58.8 Å². The van der Waals surface area contributed by atoms with E-state index in [1.165, 1.54) is 32.1 Å². The van der Waals surface area contributed by atoms with E-state index in [0.717, 1.165) is 50.9 Å². The summed E-state index contributed by atoms with van der Waals surface area (Å²) < 4.78 is 10.7. The van der Waals surface area contributed by atoms with Crippen LogP contribution in [0.2, 0.25) is 0 Å². The zero-order valence-electron chi connectivity index (χ0n) is 14.4. The standard InChI is InChI=1S/C18H31N3O2/c1-2-22-14-7-12-19-18(21-16-8-4-3-5-9-16)20-13-11-17-10-6-15-23-17/h6,10,15-16H,2-5,7-9,11-14H2,1H3,(H2,19,20,21). The molecule has 5 heteroatoms. The van der Waals surface area contributed by atoms with Crippen LogP contribution < -0.4 is 10.6 Å². The first-order chi connectivity index (χ1) is 11.4. The Morgan fingerprint density at radius 2 is 2.22 bits per heavy atom. The Morgan fingerprint density at radius 3 is 2.96 bits per heavy atom. The van der Waals surface area contributed by atoms with E-state index in [9.17, 15) is 0 Å². The quantitative estimate of drug-likeness (QED) is 0.417. The summed E-state index contributed by atoms with van der Waals surface area (Å²) in [5, 5.41) is 7.03. The number of nitrogens with zero attached hydrogens (tertiary/aromatic N) is 1. The van der Waals surface area contributed by atoms with Gasteiger partial charge in [-0.05, 0) is 38.3 Å². The minimum Gasteiger partial charge on any atom is -0.469 e. The van der Waals surface area contributed by atoms with Crippen LogP contribution >= 0.6 is 0 Å². The molecule has 23 heavy (non-hydrogen) atoms. The van der Waals surface area contributed by atoms with Gasteiger partial charge in [-0.3, -0.25) is 4.99 Å². The number of nitrogens with one attached hydrogen (secondary N) is 2. The van der Waals surface area contributed by atoms with E-state index in [-0.39, 0.29) is 0 Å². The zero-order valence-corrected chi connectivity index (χ0v) is 14.4. The highest BCUT2D eigenvalue weighted by atomic mass is 16.5. The molecule has 0 aromatic carbocycles. The minimum absolute atomic E-state index is 0.561. The van der Waals surface area contributed by atoms with Crippen LogP contribution in [0.25, 0.3) is 0 Å². The molecule has 0 bridgehead atoms. The average Bonchev–Trinajstić information content (AvgIpc) is 3.09. The summed E-state index contributed by atoms with van der Waals surface area (Å²) in [5.74, 6) is 1.94. The second-order valence-electron chi connectivity index (χ2n) is 6.02. The lowest BCUT2D eigenvalue weighted by molar-refractivity contribution is 0.146. The molecule has 0 amide bonds. The Morgan fingerprint density at radius 1 is 1.35 bits per heavy atom. The van der Waals surface area contributed by atoms with Gasteiger partial charge in [-0.1, -0.05) is 19.3 Å². The Labute approximate surface area is 139 Å². The smallest absolute Gasteiger partial charge is 0.191 e. The van der Waals surface area contributed by atoms with Crippen LogP contribution in [0.1, 0.15) is 51.2 Å². The Bertz CT molecular complexity index is 425. The first kappa shape index (κ1) is 17.9. The molecule has 1 aliphatic carbocycles. The second kappa shape index (κ2) is 11.1. The molecule has 5 nitrogen and oxygen atoms in total. The number of hydrogen-bond donors (Lipinski definition) is 2. The lowest BCUT2D eigenvalue weighted by Gasteiger charge is -2.25. The summed E-state index contributed by atoms with van der Waals surface area (Å²) in [6.07, 6.45) is 10.1.